The molecule has 37 heavy (non-hydrogen) atoms. The number of pyridine rings is 1. The quantitative estimate of drug-likeness (QED) is 0.382. The number of nitrogens with zero attached hydrogens (tertiary/aromatic N) is 2. The molecule has 3 aromatic rings. The second-order valence-electron chi connectivity index (χ2n) is 9.57. The Morgan fingerprint density at radius 1 is 1.11 bits per heavy atom. The number of sulfonamides is 1. The van der Waals surface area contributed by atoms with Crippen LogP contribution in [-0.4, -0.2) is 43.7 Å². The van der Waals surface area contributed by atoms with Gasteiger partial charge in [-0.05, 0) is 73.2 Å². The number of benzene rings is 2. The molecule has 1 amide bonds. The van der Waals surface area contributed by atoms with Crippen LogP contribution in [0.3, 0.4) is 0 Å². The Bertz CT molecular complexity index is 1350. The fourth-order valence-electron chi connectivity index (χ4n) is 4.79. The lowest BCUT2D eigenvalue weighted by Crippen LogP contribution is -2.49. The van der Waals surface area contributed by atoms with Crippen molar-refractivity contribution < 1.29 is 22.3 Å². The highest BCUT2D eigenvalue weighted by Crippen LogP contribution is 2.40. The number of ether oxygens (including phenoxy) is 1. The number of halogens is 1. The predicted molar refractivity (Wildman–Crippen MR) is 141 cm³/mol. The maximum Gasteiger partial charge on any atom is 0.411 e. The topological polar surface area (TPSA) is 88.6 Å². The van der Waals surface area contributed by atoms with Gasteiger partial charge in [-0.3, -0.25) is 4.98 Å². The van der Waals surface area contributed by atoms with Crippen LogP contribution in [0.15, 0.2) is 66.9 Å². The van der Waals surface area contributed by atoms with E-state index in [2.05, 4.69) is 9.71 Å². The summed E-state index contributed by atoms with van der Waals surface area (Å²) in [4.78, 5) is 19.2. The number of carbonyl (C=O) groups is 1. The number of amides is 1. The third-order valence-electron chi connectivity index (χ3n) is 6.86. The molecule has 0 bridgehead atoms. The molecule has 1 unspecified atom stereocenters. The summed E-state index contributed by atoms with van der Waals surface area (Å²) in [6, 6.07) is 17.8. The maximum absolute atomic E-state index is 13.6. The van der Waals surface area contributed by atoms with E-state index < -0.39 is 21.7 Å². The van der Waals surface area contributed by atoms with E-state index in [0.29, 0.717) is 31.4 Å². The van der Waals surface area contributed by atoms with Crippen LogP contribution in [0.25, 0.3) is 11.1 Å². The van der Waals surface area contributed by atoms with Crippen LogP contribution in [0.5, 0.6) is 0 Å². The first-order valence-corrected chi connectivity index (χ1v) is 14.2. The van der Waals surface area contributed by atoms with E-state index in [4.69, 9.17) is 4.74 Å². The SMILES string of the molecule is Cc1cc(-c2ccc([C@H](C)N3CCC(CCCNS(C)(=O)=O)(c4ccc(F)cc4)OC3=O)cc2)ccn1. The number of aromatic nitrogens is 1. The molecule has 1 aliphatic heterocycles. The monoisotopic (exact) mass is 525 g/mol. The van der Waals surface area contributed by atoms with Gasteiger partial charge in [0, 0.05) is 31.4 Å². The molecule has 1 saturated heterocycles. The van der Waals surface area contributed by atoms with Gasteiger partial charge in [-0.2, -0.15) is 0 Å². The second-order valence-corrected chi connectivity index (χ2v) is 11.4. The van der Waals surface area contributed by atoms with E-state index in [1.807, 2.05) is 50.2 Å². The molecule has 196 valence electrons. The Morgan fingerprint density at radius 2 is 1.81 bits per heavy atom. The highest BCUT2D eigenvalue weighted by atomic mass is 32.2. The highest BCUT2D eigenvalue weighted by molar-refractivity contribution is 7.88. The predicted octanol–water partition coefficient (Wildman–Crippen LogP) is 5.32. The summed E-state index contributed by atoms with van der Waals surface area (Å²) in [5, 5.41) is 0. The van der Waals surface area contributed by atoms with Crippen LogP contribution in [0.1, 0.15) is 49.0 Å². The molecule has 0 spiro atoms. The summed E-state index contributed by atoms with van der Waals surface area (Å²) in [7, 11) is -3.32. The number of nitrogens with one attached hydrogen (secondary N) is 1. The number of aryl methyl sites for hydroxylation is 1. The normalized spacial score (nSPS) is 18.9. The molecule has 2 heterocycles. The summed E-state index contributed by atoms with van der Waals surface area (Å²) in [5.74, 6) is -0.375. The molecule has 2 aromatic carbocycles. The number of hydrogen-bond acceptors (Lipinski definition) is 5. The van der Waals surface area contributed by atoms with Gasteiger partial charge in [0.1, 0.15) is 11.4 Å². The fourth-order valence-corrected chi connectivity index (χ4v) is 5.30. The Kier molecular flexibility index (Phi) is 7.94. The average Bonchev–Trinajstić information content (AvgIpc) is 2.86. The molecular weight excluding hydrogens is 493 g/mol. The van der Waals surface area contributed by atoms with E-state index in [1.165, 1.54) is 12.1 Å². The molecule has 1 fully saturated rings. The zero-order chi connectivity index (χ0) is 26.6. The lowest BCUT2D eigenvalue weighted by atomic mass is 9.84. The first-order chi connectivity index (χ1) is 17.6. The van der Waals surface area contributed by atoms with Crippen molar-refractivity contribution in [3.63, 3.8) is 0 Å². The van der Waals surface area contributed by atoms with Crippen molar-refractivity contribution >= 4 is 16.1 Å². The van der Waals surface area contributed by atoms with Gasteiger partial charge in [0.2, 0.25) is 10.0 Å². The maximum atomic E-state index is 13.6. The number of hydrogen-bond donors (Lipinski definition) is 1. The van der Waals surface area contributed by atoms with Crippen LogP contribution in [0, 0.1) is 12.7 Å². The van der Waals surface area contributed by atoms with Crippen LogP contribution in [-0.2, 0) is 20.4 Å². The van der Waals surface area contributed by atoms with Gasteiger partial charge < -0.3 is 9.64 Å². The lowest BCUT2D eigenvalue weighted by Gasteiger charge is -2.43. The van der Waals surface area contributed by atoms with E-state index in [9.17, 15) is 17.6 Å². The minimum atomic E-state index is -3.32. The summed E-state index contributed by atoms with van der Waals surface area (Å²) in [6.45, 7) is 4.59. The minimum Gasteiger partial charge on any atom is -0.438 e. The lowest BCUT2D eigenvalue weighted by molar-refractivity contribution is -0.0662. The third-order valence-corrected chi connectivity index (χ3v) is 7.58. The van der Waals surface area contributed by atoms with Gasteiger partial charge in [0.25, 0.3) is 0 Å². The Hall–Kier alpha value is -3.30. The standard InChI is InChI=1S/C28H32FN3O4S/c1-20-19-24(13-17-30-20)23-7-5-22(6-8-23)21(2)32-18-15-28(36-27(32)33,14-4-16-31-37(3,34)35)25-9-11-26(29)12-10-25/h5-13,17,19,21,31H,4,14-16,18H2,1-3H3/t21-,28?/m0/s1. The van der Waals surface area contributed by atoms with Gasteiger partial charge in [-0.15, -0.1) is 0 Å². The zero-order valence-electron chi connectivity index (χ0n) is 21.3. The summed E-state index contributed by atoms with van der Waals surface area (Å²) >= 11 is 0. The van der Waals surface area contributed by atoms with E-state index in [1.54, 1.807) is 23.2 Å². The largest absolute Gasteiger partial charge is 0.438 e. The first kappa shape index (κ1) is 26.8. The summed E-state index contributed by atoms with van der Waals surface area (Å²) < 4.78 is 45.0. The molecule has 1 aromatic heterocycles. The minimum absolute atomic E-state index is 0.209. The van der Waals surface area contributed by atoms with Crippen molar-refractivity contribution in [2.45, 2.75) is 44.8 Å². The molecule has 9 heteroatoms. The number of carbonyl (C=O) groups excluding carboxylic acids is 1. The van der Waals surface area contributed by atoms with Gasteiger partial charge in [-0.1, -0.05) is 36.4 Å². The molecule has 2 atom stereocenters. The van der Waals surface area contributed by atoms with E-state index in [-0.39, 0.29) is 18.4 Å². The molecule has 1 aliphatic rings. The van der Waals surface area contributed by atoms with Crippen molar-refractivity contribution in [3.8, 4) is 11.1 Å². The molecule has 1 N–H and O–H groups in total. The first-order valence-electron chi connectivity index (χ1n) is 12.3. The van der Waals surface area contributed by atoms with Crippen molar-refractivity contribution in [3.05, 3.63) is 89.5 Å². The second kappa shape index (κ2) is 11.0. The zero-order valence-corrected chi connectivity index (χ0v) is 22.1. The smallest absolute Gasteiger partial charge is 0.411 e. The van der Waals surface area contributed by atoms with Crippen LogP contribution < -0.4 is 4.72 Å². The van der Waals surface area contributed by atoms with Crippen LogP contribution in [0.2, 0.25) is 0 Å². The van der Waals surface area contributed by atoms with Crippen molar-refractivity contribution in [2.75, 3.05) is 19.3 Å². The number of rotatable bonds is 9. The van der Waals surface area contributed by atoms with Gasteiger partial charge >= 0.3 is 6.09 Å². The summed E-state index contributed by atoms with van der Waals surface area (Å²) in [6.07, 6.45) is 3.82. The van der Waals surface area contributed by atoms with E-state index in [0.717, 1.165) is 28.6 Å². The van der Waals surface area contributed by atoms with E-state index >= 15 is 0 Å². The van der Waals surface area contributed by atoms with Gasteiger partial charge in [0.05, 0.1) is 12.3 Å². The van der Waals surface area contributed by atoms with Crippen molar-refractivity contribution in [1.82, 2.24) is 14.6 Å². The molecule has 7 nitrogen and oxygen atoms in total. The average molecular weight is 526 g/mol. The third kappa shape index (κ3) is 6.53. The van der Waals surface area contributed by atoms with Gasteiger partial charge in [-0.25, -0.2) is 22.3 Å². The van der Waals surface area contributed by atoms with Gasteiger partial charge in [0.15, 0.2) is 0 Å². The molecule has 0 saturated carbocycles. The van der Waals surface area contributed by atoms with Crippen molar-refractivity contribution in [2.24, 2.45) is 0 Å². The molecular formula is C28H32FN3O4S. The Balaban J connectivity index is 1.49. The molecule has 0 aliphatic carbocycles. The Morgan fingerprint density at radius 3 is 2.43 bits per heavy atom. The fraction of sp³-hybridized carbons (Fsp3) is 0.357. The van der Waals surface area contributed by atoms with Crippen LogP contribution in [0.4, 0.5) is 9.18 Å². The van der Waals surface area contributed by atoms with Crippen LogP contribution >= 0.6 is 0 Å². The Labute approximate surface area is 217 Å². The molecule has 4 rings (SSSR count). The highest BCUT2D eigenvalue weighted by Gasteiger charge is 2.43. The number of cyclic esters (lactones) is 1. The molecule has 0 radical (unpaired) electrons. The summed E-state index contributed by atoms with van der Waals surface area (Å²) in [5.41, 5.74) is 3.83. The van der Waals surface area contributed by atoms with Crippen molar-refractivity contribution in [1.29, 1.82) is 0 Å².